The number of aryl methyl sites for hydroxylation is 1. The lowest BCUT2D eigenvalue weighted by Crippen LogP contribution is -3.00. The average Bonchev–Trinajstić information content (AvgIpc) is 3.25. The van der Waals surface area contributed by atoms with Crippen LogP contribution in [0.25, 0.3) is 21.9 Å². The molecule has 1 amide bonds. The molecule has 0 radical (unpaired) electrons. The first-order valence-electron chi connectivity index (χ1n) is 11.4. The van der Waals surface area contributed by atoms with E-state index < -0.39 is 0 Å². The Bertz CT molecular complexity index is 1520. The van der Waals surface area contributed by atoms with Crippen molar-refractivity contribution in [2.45, 2.75) is 19.5 Å². The molecule has 0 fully saturated rings. The zero-order valence-electron chi connectivity index (χ0n) is 19.7. The maximum Gasteiger partial charge on any atom is 0.245 e. The normalized spacial score (nSPS) is 10.7. The van der Waals surface area contributed by atoms with Crippen molar-refractivity contribution >= 4 is 39.3 Å². The van der Waals surface area contributed by atoms with Gasteiger partial charge in [0.2, 0.25) is 18.0 Å². The number of pyridine rings is 1. The third-order valence-electron chi connectivity index (χ3n) is 5.99. The van der Waals surface area contributed by atoms with Gasteiger partial charge in [0.05, 0.1) is 31.3 Å². The Morgan fingerprint density at radius 3 is 2.56 bits per heavy atom. The number of carbonyl (C=O) groups is 2. The Morgan fingerprint density at radius 1 is 0.972 bits per heavy atom. The highest BCUT2D eigenvalue weighted by atomic mass is 79.9. The average molecular weight is 545 g/mol. The summed E-state index contributed by atoms with van der Waals surface area (Å²) in [5.74, 6) is 0.618. The molecule has 0 aliphatic carbocycles. The largest absolute Gasteiger partial charge is 1.00 e. The van der Waals surface area contributed by atoms with Gasteiger partial charge in [0.15, 0.2) is 17.6 Å². The molecule has 1 N–H and O–H groups in total. The third-order valence-corrected chi connectivity index (χ3v) is 5.99. The summed E-state index contributed by atoms with van der Waals surface area (Å²) < 4.78 is 9.11. The van der Waals surface area contributed by atoms with Crippen molar-refractivity contribution in [3.05, 3.63) is 97.0 Å². The SMILES string of the molecule is COc1ccc(C(=O)C[n+]2cn(CCC(=O)Nc3cccc4cccnc34)c3ccccc32)cc1.[Br-]. The van der Waals surface area contributed by atoms with Crippen LogP contribution in [0.5, 0.6) is 5.75 Å². The van der Waals surface area contributed by atoms with Crippen molar-refractivity contribution in [2.24, 2.45) is 0 Å². The number of para-hydroxylation sites is 3. The van der Waals surface area contributed by atoms with Gasteiger partial charge in [-0.05, 0) is 48.5 Å². The van der Waals surface area contributed by atoms with E-state index in [1.807, 2.05) is 70.1 Å². The van der Waals surface area contributed by atoms with Crippen molar-refractivity contribution in [3.8, 4) is 5.75 Å². The summed E-state index contributed by atoms with van der Waals surface area (Å²) in [6.45, 7) is 0.683. The monoisotopic (exact) mass is 544 g/mol. The van der Waals surface area contributed by atoms with Crippen LogP contribution in [0.4, 0.5) is 5.69 Å². The Kier molecular flexibility index (Phi) is 7.75. The van der Waals surface area contributed by atoms with E-state index in [0.717, 1.165) is 21.9 Å². The standard InChI is InChI=1S/C28H24N4O3.BrH/c1-35-22-13-11-20(12-14-22)26(33)18-32-19-31(24-9-2-3-10-25(24)32)17-15-27(34)30-23-8-4-6-21-7-5-16-29-28(21)23;/h2-14,16,19H,15,17-18H2,1H3;1H. The van der Waals surface area contributed by atoms with Crippen LogP contribution in [-0.4, -0.2) is 28.4 Å². The highest BCUT2D eigenvalue weighted by Crippen LogP contribution is 2.21. The maximum atomic E-state index is 12.9. The van der Waals surface area contributed by atoms with Gasteiger partial charge in [0, 0.05) is 17.1 Å². The number of nitrogens with one attached hydrogen (secondary N) is 1. The number of hydrogen-bond donors (Lipinski definition) is 1. The Hall–Kier alpha value is -4.04. The lowest BCUT2D eigenvalue weighted by Gasteiger charge is -2.07. The molecule has 0 spiro atoms. The molecule has 0 bridgehead atoms. The van der Waals surface area contributed by atoms with Crippen LogP contribution in [0.15, 0.2) is 91.4 Å². The molecule has 8 heteroatoms. The van der Waals surface area contributed by atoms with Crippen LogP contribution in [-0.2, 0) is 17.9 Å². The summed E-state index contributed by atoms with van der Waals surface area (Å²) in [5, 5.41) is 3.96. The van der Waals surface area contributed by atoms with Gasteiger partial charge in [0.1, 0.15) is 5.75 Å². The number of Topliss-reactive ketones (excluding diaryl/α,β-unsaturated/α-hetero) is 1. The number of halogens is 1. The number of fused-ring (bicyclic) bond motifs is 2. The fourth-order valence-corrected chi connectivity index (χ4v) is 4.21. The van der Waals surface area contributed by atoms with Gasteiger partial charge in [-0.25, -0.2) is 9.13 Å². The third kappa shape index (κ3) is 5.28. The highest BCUT2D eigenvalue weighted by molar-refractivity contribution is 6.00. The Morgan fingerprint density at radius 2 is 1.75 bits per heavy atom. The van der Waals surface area contributed by atoms with Gasteiger partial charge in [-0.3, -0.25) is 14.6 Å². The number of aromatic nitrogens is 3. The van der Waals surface area contributed by atoms with Gasteiger partial charge in [-0.1, -0.05) is 30.3 Å². The summed E-state index contributed by atoms with van der Waals surface area (Å²) in [6, 6.07) is 24.6. The topological polar surface area (TPSA) is 77.1 Å². The molecule has 182 valence electrons. The van der Waals surface area contributed by atoms with Crippen LogP contribution in [0.2, 0.25) is 0 Å². The van der Waals surface area contributed by atoms with Gasteiger partial charge in [-0.15, -0.1) is 0 Å². The van der Waals surface area contributed by atoms with Crippen LogP contribution in [0.3, 0.4) is 0 Å². The van der Waals surface area contributed by atoms with Gasteiger partial charge >= 0.3 is 0 Å². The number of rotatable bonds is 8. The van der Waals surface area contributed by atoms with Crippen molar-refractivity contribution in [1.82, 2.24) is 9.55 Å². The van der Waals surface area contributed by atoms with Gasteiger partial charge < -0.3 is 27.0 Å². The molecule has 0 aliphatic rings. The first-order valence-corrected chi connectivity index (χ1v) is 11.4. The second-order valence-corrected chi connectivity index (χ2v) is 8.26. The minimum Gasteiger partial charge on any atom is -1.00 e. The van der Waals surface area contributed by atoms with E-state index in [4.69, 9.17) is 4.74 Å². The molecule has 2 aromatic heterocycles. The zero-order valence-corrected chi connectivity index (χ0v) is 21.3. The summed E-state index contributed by atoms with van der Waals surface area (Å²) in [5.41, 5.74) is 4.00. The molecule has 5 aromatic rings. The molecule has 0 saturated carbocycles. The minimum absolute atomic E-state index is 0. The molecule has 0 atom stereocenters. The van der Waals surface area contributed by atoms with Crippen molar-refractivity contribution in [1.29, 1.82) is 0 Å². The van der Waals surface area contributed by atoms with E-state index in [-0.39, 0.29) is 41.6 Å². The first kappa shape index (κ1) is 25.1. The fraction of sp³-hybridized carbons (Fsp3) is 0.143. The predicted molar refractivity (Wildman–Crippen MR) is 134 cm³/mol. The number of hydrogen-bond acceptors (Lipinski definition) is 4. The molecule has 36 heavy (non-hydrogen) atoms. The van der Waals surface area contributed by atoms with Crippen molar-refractivity contribution in [2.75, 3.05) is 12.4 Å². The lowest BCUT2D eigenvalue weighted by atomic mass is 10.1. The highest BCUT2D eigenvalue weighted by Gasteiger charge is 2.19. The number of methoxy groups -OCH3 is 1. The molecule has 0 saturated heterocycles. The van der Waals surface area contributed by atoms with Crippen LogP contribution in [0, 0.1) is 0 Å². The molecule has 0 aliphatic heterocycles. The Balaban J connectivity index is 0.00000304. The van der Waals surface area contributed by atoms with Crippen LogP contribution < -0.4 is 31.6 Å². The van der Waals surface area contributed by atoms with Gasteiger partial charge in [0.25, 0.3) is 0 Å². The first-order chi connectivity index (χ1) is 17.1. The van der Waals surface area contributed by atoms with E-state index in [9.17, 15) is 9.59 Å². The smallest absolute Gasteiger partial charge is 0.245 e. The maximum absolute atomic E-state index is 12.9. The molecule has 2 heterocycles. The minimum atomic E-state index is -0.0956. The van der Waals surface area contributed by atoms with E-state index in [1.165, 1.54) is 0 Å². The summed E-state index contributed by atoms with van der Waals surface area (Å²) in [7, 11) is 1.60. The fourth-order valence-electron chi connectivity index (χ4n) is 4.21. The number of imidazole rings is 1. The van der Waals surface area contributed by atoms with E-state index in [2.05, 4.69) is 10.3 Å². The molecule has 0 unspecified atom stereocenters. The number of amides is 1. The van der Waals surface area contributed by atoms with E-state index >= 15 is 0 Å². The quantitative estimate of drug-likeness (QED) is 0.236. The lowest BCUT2D eigenvalue weighted by molar-refractivity contribution is -0.657. The molecular weight excluding hydrogens is 520 g/mol. The van der Waals surface area contributed by atoms with Crippen LogP contribution in [0.1, 0.15) is 16.8 Å². The van der Waals surface area contributed by atoms with Crippen molar-refractivity contribution in [3.63, 3.8) is 0 Å². The summed E-state index contributed by atoms with van der Waals surface area (Å²) >= 11 is 0. The number of benzene rings is 3. The summed E-state index contributed by atoms with van der Waals surface area (Å²) in [6.07, 6.45) is 3.91. The van der Waals surface area contributed by atoms with Gasteiger partial charge in [-0.2, -0.15) is 0 Å². The predicted octanol–water partition coefficient (Wildman–Crippen LogP) is 1.40. The molecular formula is C28H25BrN4O3. The zero-order chi connectivity index (χ0) is 24.2. The summed E-state index contributed by atoms with van der Waals surface area (Å²) in [4.78, 5) is 30.1. The molecule has 5 rings (SSSR count). The number of carbonyl (C=O) groups excluding carboxylic acids is 2. The number of ketones is 1. The van der Waals surface area contributed by atoms with E-state index in [0.29, 0.717) is 23.5 Å². The number of ether oxygens (including phenoxy) is 1. The second kappa shape index (κ2) is 11.1. The number of nitrogens with zero attached hydrogens (tertiary/aromatic N) is 3. The second-order valence-electron chi connectivity index (χ2n) is 8.26. The molecule has 3 aromatic carbocycles. The molecule has 7 nitrogen and oxygen atoms in total. The van der Waals surface area contributed by atoms with Crippen molar-refractivity contribution < 1.29 is 35.9 Å². The van der Waals surface area contributed by atoms with Crippen LogP contribution >= 0.6 is 0 Å². The number of anilines is 1. The Labute approximate surface area is 219 Å². The van der Waals surface area contributed by atoms with E-state index in [1.54, 1.807) is 37.6 Å².